The van der Waals surface area contributed by atoms with Crippen LogP contribution in [0.2, 0.25) is 0 Å². The van der Waals surface area contributed by atoms with Crippen LogP contribution in [0.15, 0.2) is 6.20 Å². The van der Waals surface area contributed by atoms with Gasteiger partial charge in [0, 0.05) is 19.3 Å². The second-order valence-corrected chi connectivity index (χ2v) is 5.73. The van der Waals surface area contributed by atoms with Crippen molar-refractivity contribution < 1.29 is 0 Å². The van der Waals surface area contributed by atoms with Crippen LogP contribution in [0.4, 0.5) is 5.69 Å². The highest BCUT2D eigenvalue weighted by Crippen LogP contribution is 2.37. The van der Waals surface area contributed by atoms with Gasteiger partial charge in [0.1, 0.15) is 0 Å². The molecular formula is C13H23N3. The summed E-state index contributed by atoms with van der Waals surface area (Å²) in [4.78, 5) is 0. The lowest BCUT2D eigenvalue weighted by molar-refractivity contribution is 0.217. The molecule has 1 N–H and O–H groups in total. The van der Waals surface area contributed by atoms with Crippen LogP contribution in [-0.2, 0) is 7.05 Å². The van der Waals surface area contributed by atoms with Gasteiger partial charge in [0.25, 0.3) is 0 Å². The quantitative estimate of drug-likeness (QED) is 0.831. The van der Waals surface area contributed by atoms with Crippen molar-refractivity contribution in [1.82, 2.24) is 9.78 Å². The highest BCUT2D eigenvalue weighted by molar-refractivity contribution is 5.46. The van der Waals surface area contributed by atoms with Crippen LogP contribution in [0.5, 0.6) is 0 Å². The lowest BCUT2D eigenvalue weighted by atomic mass is 9.73. The minimum atomic E-state index is 0.403. The van der Waals surface area contributed by atoms with Gasteiger partial charge in [-0.05, 0) is 25.2 Å². The molecule has 1 saturated carbocycles. The van der Waals surface area contributed by atoms with Gasteiger partial charge in [-0.1, -0.05) is 26.7 Å². The van der Waals surface area contributed by atoms with Gasteiger partial charge < -0.3 is 5.32 Å². The summed E-state index contributed by atoms with van der Waals surface area (Å²) in [6.45, 7) is 6.81. The zero-order chi connectivity index (χ0) is 11.8. The lowest BCUT2D eigenvalue weighted by Crippen LogP contribution is -2.38. The van der Waals surface area contributed by atoms with Crippen LogP contribution in [-0.4, -0.2) is 15.8 Å². The van der Waals surface area contributed by atoms with E-state index in [9.17, 15) is 0 Å². The zero-order valence-corrected chi connectivity index (χ0v) is 10.9. The maximum Gasteiger partial charge on any atom is 0.0825 e. The summed E-state index contributed by atoms with van der Waals surface area (Å²) < 4.78 is 1.88. The Hall–Kier alpha value is -0.990. The van der Waals surface area contributed by atoms with Crippen LogP contribution < -0.4 is 5.32 Å². The molecule has 1 aromatic rings. The molecule has 16 heavy (non-hydrogen) atoms. The minimum absolute atomic E-state index is 0.403. The van der Waals surface area contributed by atoms with Crippen LogP contribution in [0, 0.1) is 12.3 Å². The molecular weight excluding hydrogens is 198 g/mol. The number of nitrogens with one attached hydrogen (secondary N) is 1. The Bertz CT molecular complexity index is 365. The standard InChI is InChI=1S/C13H23N3/c1-10-11(9-16(4)15-10)14-12-7-5-6-8-13(12,2)3/h9,12,14H,5-8H2,1-4H3. The Morgan fingerprint density at radius 3 is 2.75 bits per heavy atom. The monoisotopic (exact) mass is 221 g/mol. The molecule has 2 rings (SSSR count). The van der Waals surface area contributed by atoms with E-state index in [2.05, 4.69) is 37.4 Å². The molecule has 90 valence electrons. The Morgan fingerprint density at radius 2 is 2.19 bits per heavy atom. The van der Waals surface area contributed by atoms with Gasteiger partial charge in [-0.25, -0.2) is 0 Å². The number of aryl methyl sites for hydroxylation is 2. The van der Waals surface area contributed by atoms with Crippen LogP contribution >= 0.6 is 0 Å². The number of nitrogens with zero attached hydrogens (tertiary/aromatic N) is 2. The highest BCUT2D eigenvalue weighted by Gasteiger charge is 2.32. The lowest BCUT2D eigenvalue weighted by Gasteiger charge is -2.39. The molecule has 1 aliphatic carbocycles. The molecule has 1 fully saturated rings. The molecule has 3 nitrogen and oxygen atoms in total. The smallest absolute Gasteiger partial charge is 0.0825 e. The predicted molar refractivity (Wildman–Crippen MR) is 67.6 cm³/mol. The van der Waals surface area contributed by atoms with E-state index in [0.29, 0.717) is 11.5 Å². The van der Waals surface area contributed by atoms with Gasteiger partial charge in [0.15, 0.2) is 0 Å². The summed E-state index contributed by atoms with van der Waals surface area (Å²) in [5.74, 6) is 0. The average Bonchev–Trinajstić information content (AvgIpc) is 2.49. The van der Waals surface area contributed by atoms with Crippen molar-refractivity contribution in [3.8, 4) is 0 Å². The van der Waals surface area contributed by atoms with Crippen molar-refractivity contribution in [3.05, 3.63) is 11.9 Å². The third kappa shape index (κ3) is 2.23. The first-order valence-electron chi connectivity index (χ1n) is 6.26. The molecule has 1 unspecified atom stereocenters. The molecule has 3 heteroatoms. The fourth-order valence-corrected chi connectivity index (χ4v) is 2.69. The van der Waals surface area contributed by atoms with Gasteiger partial charge >= 0.3 is 0 Å². The largest absolute Gasteiger partial charge is 0.379 e. The molecule has 0 amide bonds. The molecule has 0 saturated heterocycles. The fourth-order valence-electron chi connectivity index (χ4n) is 2.69. The number of aromatic nitrogens is 2. The van der Waals surface area contributed by atoms with E-state index in [1.807, 2.05) is 11.7 Å². The first kappa shape index (κ1) is 11.5. The molecule has 0 radical (unpaired) electrons. The van der Waals surface area contributed by atoms with Crippen LogP contribution in [0.25, 0.3) is 0 Å². The maximum atomic E-state index is 4.38. The van der Waals surface area contributed by atoms with Crippen molar-refractivity contribution in [1.29, 1.82) is 0 Å². The Morgan fingerprint density at radius 1 is 1.44 bits per heavy atom. The first-order chi connectivity index (χ1) is 7.49. The van der Waals surface area contributed by atoms with E-state index in [1.165, 1.54) is 31.4 Å². The summed E-state index contributed by atoms with van der Waals surface area (Å²) >= 11 is 0. The maximum absolute atomic E-state index is 4.38. The third-order valence-electron chi connectivity index (χ3n) is 3.85. The molecule has 1 atom stereocenters. The van der Waals surface area contributed by atoms with E-state index < -0.39 is 0 Å². The first-order valence-corrected chi connectivity index (χ1v) is 6.26. The number of anilines is 1. The second-order valence-electron chi connectivity index (χ2n) is 5.73. The van der Waals surface area contributed by atoms with Gasteiger partial charge in [0.2, 0.25) is 0 Å². The molecule has 0 aliphatic heterocycles. The topological polar surface area (TPSA) is 29.9 Å². The number of rotatable bonds is 2. The summed E-state index contributed by atoms with van der Waals surface area (Å²) in [5, 5.41) is 8.06. The van der Waals surface area contributed by atoms with Crippen LogP contribution in [0.3, 0.4) is 0 Å². The van der Waals surface area contributed by atoms with Gasteiger partial charge in [-0.2, -0.15) is 5.10 Å². The zero-order valence-electron chi connectivity index (χ0n) is 10.9. The Kier molecular flexibility index (Phi) is 2.96. The predicted octanol–water partition coefficient (Wildman–Crippen LogP) is 3.11. The van der Waals surface area contributed by atoms with Crippen LogP contribution in [0.1, 0.15) is 45.2 Å². The number of hydrogen-bond donors (Lipinski definition) is 1. The van der Waals surface area contributed by atoms with Crippen molar-refractivity contribution >= 4 is 5.69 Å². The van der Waals surface area contributed by atoms with Gasteiger partial charge in [-0.15, -0.1) is 0 Å². The summed E-state index contributed by atoms with van der Waals surface area (Å²) in [7, 11) is 1.98. The summed E-state index contributed by atoms with van der Waals surface area (Å²) in [5.41, 5.74) is 2.70. The van der Waals surface area contributed by atoms with E-state index in [4.69, 9.17) is 0 Å². The van der Waals surface area contributed by atoms with E-state index >= 15 is 0 Å². The summed E-state index contributed by atoms with van der Waals surface area (Å²) in [6, 6.07) is 0.587. The fraction of sp³-hybridized carbons (Fsp3) is 0.769. The van der Waals surface area contributed by atoms with Gasteiger partial charge in [-0.3, -0.25) is 4.68 Å². The van der Waals surface area contributed by atoms with Crippen molar-refractivity contribution in [2.24, 2.45) is 12.5 Å². The van der Waals surface area contributed by atoms with Crippen molar-refractivity contribution in [2.75, 3.05) is 5.32 Å². The molecule has 1 heterocycles. The van der Waals surface area contributed by atoms with Crippen molar-refractivity contribution in [3.63, 3.8) is 0 Å². The normalized spacial score (nSPS) is 24.4. The number of hydrogen-bond acceptors (Lipinski definition) is 2. The SMILES string of the molecule is Cc1nn(C)cc1NC1CCCCC1(C)C. The van der Waals surface area contributed by atoms with E-state index in [0.717, 1.165) is 5.69 Å². The highest BCUT2D eigenvalue weighted by atomic mass is 15.3. The molecule has 0 aromatic carbocycles. The molecule has 1 aliphatic rings. The average molecular weight is 221 g/mol. The summed E-state index contributed by atoms with van der Waals surface area (Å²) in [6.07, 6.45) is 7.41. The Balaban J connectivity index is 2.11. The second kappa shape index (κ2) is 4.11. The van der Waals surface area contributed by atoms with Crippen molar-refractivity contribution in [2.45, 2.75) is 52.5 Å². The van der Waals surface area contributed by atoms with E-state index in [-0.39, 0.29) is 0 Å². The molecule has 0 spiro atoms. The Labute approximate surface area is 98.2 Å². The molecule has 1 aromatic heterocycles. The third-order valence-corrected chi connectivity index (χ3v) is 3.85. The van der Waals surface area contributed by atoms with E-state index in [1.54, 1.807) is 0 Å². The van der Waals surface area contributed by atoms with Gasteiger partial charge in [0.05, 0.1) is 11.4 Å². The minimum Gasteiger partial charge on any atom is -0.379 e. The molecule has 0 bridgehead atoms.